The van der Waals surface area contributed by atoms with E-state index >= 15 is 0 Å². The predicted octanol–water partition coefficient (Wildman–Crippen LogP) is 3.96. The largest absolute Gasteiger partial charge is 0.336 e. The molecule has 0 spiro atoms. The second-order valence-corrected chi connectivity index (χ2v) is 7.29. The highest BCUT2D eigenvalue weighted by Crippen LogP contribution is 2.31. The maximum Gasteiger partial charge on any atom is 0.253 e. The first-order valence-electron chi connectivity index (χ1n) is 8.34. The van der Waals surface area contributed by atoms with E-state index in [2.05, 4.69) is 36.1 Å². The number of amides is 1. The molecule has 2 atom stereocenters. The van der Waals surface area contributed by atoms with E-state index in [0.717, 1.165) is 0 Å². The molecule has 132 valence electrons. The Balaban J connectivity index is 1.85. The molecular weight excluding hydrogens is 339 g/mol. The van der Waals surface area contributed by atoms with Crippen LogP contribution in [-0.4, -0.2) is 48.9 Å². The van der Waals surface area contributed by atoms with Gasteiger partial charge < -0.3 is 9.80 Å². The van der Waals surface area contributed by atoms with Gasteiger partial charge in [0.1, 0.15) is 5.82 Å². The van der Waals surface area contributed by atoms with Crippen LogP contribution in [0.3, 0.4) is 0 Å². The Hall–Kier alpha value is -1.91. The third kappa shape index (κ3) is 3.70. The minimum atomic E-state index is -0.511. The predicted molar refractivity (Wildman–Crippen MR) is 98.7 cm³/mol. The van der Waals surface area contributed by atoms with Crippen LogP contribution in [-0.2, 0) is 0 Å². The monoisotopic (exact) mass is 360 g/mol. The average Bonchev–Trinajstić information content (AvgIpc) is 3.03. The molecule has 0 aliphatic carbocycles. The lowest BCUT2D eigenvalue weighted by atomic mass is 9.93. The standard InChI is InChI=1S/C20H22ClFN2O/c1-13-4-6-14(7-5-13)16-11-24(12-19(16)23(2)3)20(25)15-8-9-18(22)17(21)10-15/h4-10,16,19H,11-12H2,1-3H3. The fourth-order valence-electron chi connectivity index (χ4n) is 3.43. The van der Waals surface area contributed by atoms with Crippen LogP contribution >= 0.6 is 11.6 Å². The quantitative estimate of drug-likeness (QED) is 0.827. The van der Waals surface area contributed by atoms with Crippen molar-refractivity contribution in [2.24, 2.45) is 0 Å². The van der Waals surface area contributed by atoms with E-state index in [1.165, 1.54) is 29.3 Å². The molecule has 1 fully saturated rings. The van der Waals surface area contributed by atoms with Crippen LogP contribution in [0.25, 0.3) is 0 Å². The molecule has 2 aromatic rings. The normalized spacial score (nSPS) is 20.3. The van der Waals surface area contributed by atoms with Crippen LogP contribution < -0.4 is 0 Å². The van der Waals surface area contributed by atoms with E-state index in [0.29, 0.717) is 18.7 Å². The molecule has 1 saturated heterocycles. The molecule has 0 saturated carbocycles. The van der Waals surface area contributed by atoms with Crippen molar-refractivity contribution in [3.63, 3.8) is 0 Å². The summed E-state index contributed by atoms with van der Waals surface area (Å²) in [5.74, 6) is -0.373. The third-order valence-electron chi connectivity index (χ3n) is 4.91. The number of hydrogen-bond donors (Lipinski definition) is 0. The summed E-state index contributed by atoms with van der Waals surface area (Å²) < 4.78 is 13.4. The molecule has 0 radical (unpaired) electrons. The van der Waals surface area contributed by atoms with E-state index in [1.807, 2.05) is 19.0 Å². The molecule has 1 amide bonds. The number of carbonyl (C=O) groups excluding carboxylic acids is 1. The number of likely N-dealkylation sites (tertiary alicyclic amines) is 1. The summed E-state index contributed by atoms with van der Waals surface area (Å²) in [4.78, 5) is 16.8. The lowest BCUT2D eigenvalue weighted by Gasteiger charge is -2.25. The Bertz CT molecular complexity index is 776. The molecule has 1 aliphatic heterocycles. The summed E-state index contributed by atoms with van der Waals surface area (Å²) in [6, 6.07) is 12.9. The number of benzene rings is 2. The molecule has 1 heterocycles. The molecule has 1 aliphatic rings. The molecule has 0 bridgehead atoms. The van der Waals surface area contributed by atoms with Crippen molar-refractivity contribution >= 4 is 17.5 Å². The number of carbonyl (C=O) groups is 1. The van der Waals surface area contributed by atoms with Crippen molar-refractivity contribution in [2.75, 3.05) is 27.2 Å². The van der Waals surface area contributed by atoms with Crippen LogP contribution in [0.1, 0.15) is 27.4 Å². The second kappa shape index (κ2) is 7.14. The Morgan fingerprint density at radius 3 is 2.44 bits per heavy atom. The van der Waals surface area contributed by atoms with Crippen molar-refractivity contribution in [1.82, 2.24) is 9.80 Å². The van der Waals surface area contributed by atoms with Crippen LogP contribution in [0.15, 0.2) is 42.5 Å². The van der Waals surface area contributed by atoms with Gasteiger partial charge >= 0.3 is 0 Å². The number of hydrogen-bond acceptors (Lipinski definition) is 2. The van der Waals surface area contributed by atoms with Gasteiger partial charge in [-0.15, -0.1) is 0 Å². The van der Waals surface area contributed by atoms with Gasteiger partial charge in [0.25, 0.3) is 5.91 Å². The number of halogens is 2. The van der Waals surface area contributed by atoms with Crippen LogP contribution in [0.4, 0.5) is 4.39 Å². The number of rotatable bonds is 3. The van der Waals surface area contributed by atoms with Gasteiger partial charge in [-0.3, -0.25) is 4.79 Å². The maximum absolute atomic E-state index is 13.4. The molecule has 25 heavy (non-hydrogen) atoms. The Morgan fingerprint density at radius 1 is 1.16 bits per heavy atom. The van der Waals surface area contributed by atoms with Crippen LogP contribution in [0.5, 0.6) is 0 Å². The Kier molecular flexibility index (Phi) is 5.11. The minimum absolute atomic E-state index is 0.0238. The molecule has 0 N–H and O–H groups in total. The Morgan fingerprint density at radius 2 is 1.84 bits per heavy atom. The maximum atomic E-state index is 13.4. The van der Waals surface area contributed by atoms with E-state index < -0.39 is 5.82 Å². The molecule has 0 aromatic heterocycles. The lowest BCUT2D eigenvalue weighted by Crippen LogP contribution is -2.35. The lowest BCUT2D eigenvalue weighted by molar-refractivity contribution is 0.0782. The SMILES string of the molecule is Cc1ccc(C2CN(C(=O)c3ccc(F)c(Cl)c3)CC2N(C)C)cc1. The number of nitrogens with zero attached hydrogens (tertiary/aromatic N) is 2. The molecular formula is C20H22ClFN2O. The first kappa shape index (κ1) is 17.9. The van der Waals surface area contributed by atoms with Gasteiger partial charge in [0, 0.05) is 30.6 Å². The number of aryl methyl sites for hydroxylation is 1. The van der Waals surface area contributed by atoms with E-state index in [4.69, 9.17) is 11.6 Å². The summed E-state index contributed by atoms with van der Waals surface area (Å²) in [5.41, 5.74) is 2.88. The summed E-state index contributed by atoms with van der Waals surface area (Å²) in [5, 5.41) is -0.0238. The van der Waals surface area contributed by atoms with Crippen molar-refractivity contribution in [2.45, 2.75) is 18.9 Å². The van der Waals surface area contributed by atoms with E-state index in [9.17, 15) is 9.18 Å². The molecule has 2 unspecified atom stereocenters. The summed E-state index contributed by atoms with van der Waals surface area (Å²) in [7, 11) is 4.07. The zero-order chi connectivity index (χ0) is 18.1. The topological polar surface area (TPSA) is 23.6 Å². The van der Waals surface area contributed by atoms with Crippen molar-refractivity contribution in [3.05, 3.63) is 70.0 Å². The van der Waals surface area contributed by atoms with E-state index in [1.54, 1.807) is 0 Å². The van der Waals surface area contributed by atoms with Gasteiger partial charge in [-0.1, -0.05) is 41.4 Å². The fraction of sp³-hybridized carbons (Fsp3) is 0.350. The molecule has 5 heteroatoms. The van der Waals surface area contributed by atoms with E-state index in [-0.39, 0.29) is 22.9 Å². The van der Waals surface area contributed by atoms with Crippen molar-refractivity contribution in [3.8, 4) is 0 Å². The van der Waals surface area contributed by atoms with Gasteiger partial charge in [0.05, 0.1) is 5.02 Å². The zero-order valence-corrected chi connectivity index (χ0v) is 15.4. The highest BCUT2D eigenvalue weighted by Gasteiger charge is 2.37. The second-order valence-electron chi connectivity index (χ2n) is 6.89. The van der Waals surface area contributed by atoms with Gasteiger partial charge in [-0.25, -0.2) is 4.39 Å². The molecule has 3 nitrogen and oxygen atoms in total. The highest BCUT2D eigenvalue weighted by atomic mass is 35.5. The Labute approximate surface area is 153 Å². The van der Waals surface area contributed by atoms with Gasteiger partial charge in [-0.2, -0.15) is 0 Å². The van der Waals surface area contributed by atoms with Crippen LogP contribution in [0, 0.1) is 12.7 Å². The molecule has 2 aromatic carbocycles. The summed E-state index contributed by atoms with van der Waals surface area (Å²) in [6.45, 7) is 3.34. The van der Waals surface area contributed by atoms with Gasteiger partial charge in [0.15, 0.2) is 0 Å². The fourth-order valence-corrected chi connectivity index (χ4v) is 3.61. The summed E-state index contributed by atoms with van der Waals surface area (Å²) in [6.07, 6.45) is 0. The highest BCUT2D eigenvalue weighted by molar-refractivity contribution is 6.31. The zero-order valence-electron chi connectivity index (χ0n) is 14.7. The van der Waals surface area contributed by atoms with Gasteiger partial charge in [0.2, 0.25) is 0 Å². The number of likely N-dealkylation sites (N-methyl/N-ethyl adjacent to an activating group) is 1. The smallest absolute Gasteiger partial charge is 0.253 e. The third-order valence-corrected chi connectivity index (χ3v) is 5.20. The van der Waals surface area contributed by atoms with Crippen LogP contribution in [0.2, 0.25) is 5.02 Å². The van der Waals surface area contributed by atoms with Gasteiger partial charge in [-0.05, 0) is 44.8 Å². The van der Waals surface area contributed by atoms with Crippen molar-refractivity contribution < 1.29 is 9.18 Å². The van der Waals surface area contributed by atoms with Crippen molar-refractivity contribution in [1.29, 1.82) is 0 Å². The first-order valence-corrected chi connectivity index (χ1v) is 8.72. The molecule has 3 rings (SSSR count). The minimum Gasteiger partial charge on any atom is -0.336 e. The first-order chi connectivity index (χ1) is 11.9. The average molecular weight is 361 g/mol. The summed E-state index contributed by atoms with van der Waals surface area (Å²) >= 11 is 5.83.